The molecule has 104 valence electrons. The summed E-state index contributed by atoms with van der Waals surface area (Å²) in [5.41, 5.74) is -0.684. The van der Waals surface area contributed by atoms with E-state index in [2.05, 4.69) is 26.0 Å². The van der Waals surface area contributed by atoms with Crippen LogP contribution in [0.2, 0.25) is 0 Å². The number of hydrogen-bond acceptors (Lipinski definition) is 3. The Balaban J connectivity index is 2.77. The highest BCUT2D eigenvalue weighted by Gasteiger charge is 2.21. The molecule has 1 atom stereocenters. The molecule has 1 aromatic rings. The van der Waals surface area contributed by atoms with E-state index >= 15 is 0 Å². The first kappa shape index (κ1) is 16.3. The summed E-state index contributed by atoms with van der Waals surface area (Å²) < 4.78 is 31.0. The minimum absolute atomic E-state index is 0.0823. The van der Waals surface area contributed by atoms with Crippen molar-refractivity contribution in [3.63, 3.8) is 0 Å². The standard InChI is InChI=1S/C11H9BrF2INO3/c1-19-11(18)8(15)4-16-10(17)9-6(13)2-5(12)3-7(9)14/h2-3,8H,4H2,1H3,(H,16,17). The normalized spacial score (nSPS) is 11.8. The Kier molecular flexibility index (Phi) is 6.11. The van der Waals surface area contributed by atoms with Crippen molar-refractivity contribution in [2.24, 2.45) is 0 Å². The number of amides is 1. The van der Waals surface area contributed by atoms with Gasteiger partial charge in [0.15, 0.2) is 0 Å². The van der Waals surface area contributed by atoms with Crippen molar-refractivity contribution in [3.8, 4) is 0 Å². The number of carbonyl (C=O) groups excluding carboxylic acids is 2. The molecule has 1 unspecified atom stereocenters. The zero-order chi connectivity index (χ0) is 14.6. The molecule has 0 saturated carbocycles. The molecule has 0 bridgehead atoms. The van der Waals surface area contributed by atoms with Crippen LogP contribution in [0.25, 0.3) is 0 Å². The van der Waals surface area contributed by atoms with E-state index in [-0.39, 0.29) is 11.0 Å². The lowest BCUT2D eigenvalue weighted by Crippen LogP contribution is -2.34. The number of methoxy groups -OCH3 is 1. The number of nitrogens with one attached hydrogen (secondary N) is 1. The fourth-order valence-electron chi connectivity index (χ4n) is 1.24. The second-order valence-corrected chi connectivity index (χ2v) is 5.86. The van der Waals surface area contributed by atoms with Crippen LogP contribution >= 0.6 is 38.5 Å². The van der Waals surface area contributed by atoms with Gasteiger partial charge in [-0.1, -0.05) is 38.5 Å². The maximum atomic E-state index is 13.5. The molecule has 0 aliphatic rings. The molecule has 0 aromatic heterocycles. The largest absolute Gasteiger partial charge is 0.468 e. The van der Waals surface area contributed by atoms with Crippen LogP contribution < -0.4 is 5.32 Å². The number of benzene rings is 1. The predicted octanol–water partition coefficient (Wildman–Crippen LogP) is 2.43. The lowest BCUT2D eigenvalue weighted by atomic mass is 10.2. The number of alkyl halides is 1. The maximum Gasteiger partial charge on any atom is 0.320 e. The number of rotatable bonds is 4. The number of ether oxygens (including phenoxy) is 1. The van der Waals surface area contributed by atoms with Crippen molar-refractivity contribution in [2.75, 3.05) is 13.7 Å². The van der Waals surface area contributed by atoms with Gasteiger partial charge < -0.3 is 10.1 Å². The number of halogens is 4. The summed E-state index contributed by atoms with van der Waals surface area (Å²) in [4.78, 5) is 22.8. The Bertz CT molecular complexity index is 490. The molecule has 1 N–H and O–H groups in total. The third-order valence-electron chi connectivity index (χ3n) is 2.13. The average Bonchev–Trinajstić information content (AvgIpc) is 2.33. The molecule has 0 heterocycles. The summed E-state index contributed by atoms with van der Waals surface area (Å²) in [5, 5.41) is 2.27. The molecule has 0 fully saturated rings. The Morgan fingerprint density at radius 3 is 2.42 bits per heavy atom. The van der Waals surface area contributed by atoms with Crippen LogP contribution in [-0.2, 0) is 9.53 Å². The van der Waals surface area contributed by atoms with Crippen LogP contribution in [0.1, 0.15) is 10.4 Å². The third-order valence-corrected chi connectivity index (χ3v) is 3.54. The molecular weight excluding hydrogens is 439 g/mol. The van der Waals surface area contributed by atoms with Crippen LogP contribution in [0.4, 0.5) is 8.78 Å². The van der Waals surface area contributed by atoms with Gasteiger partial charge in [0.2, 0.25) is 0 Å². The first-order chi connectivity index (χ1) is 8.86. The average molecular weight is 448 g/mol. The van der Waals surface area contributed by atoms with Gasteiger partial charge in [-0.25, -0.2) is 8.78 Å². The SMILES string of the molecule is COC(=O)C(I)CNC(=O)c1c(F)cc(Br)cc1F. The van der Waals surface area contributed by atoms with E-state index in [1.54, 1.807) is 22.6 Å². The van der Waals surface area contributed by atoms with Gasteiger partial charge in [-0.15, -0.1) is 0 Å². The van der Waals surface area contributed by atoms with Crippen LogP contribution in [0.5, 0.6) is 0 Å². The fraction of sp³-hybridized carbons (Fsp3) is 0.273. The Morgan fingerprint density at radius 2 is 1.95 bits per heavy atom. The maximum absolute atomic E-state index is 13.5. The van der Waals surface area contributed by atoms with Crippen molar-refractivity contribution in [2.45, 2.75) is 3.92 Å². The monoisotopic (exact) mass is 447 g/mol. The molecule has 4 nitrogen and oxygen atoms in total. The minimum Gasteiger partial charge on any atom is -0.468 e. The quantitative estimate of drug-likeness (QED) is 0.438. The molecule has 0 aliphatic carbocycles. The highest BCUT2D eigenvalue weighted by atomic mass is 127. The molecule has 8 heteroatoms. The van der Waals surface area contributed by atoms with Gasteiger partial charge >= 0.3 is 5.97 Å². The van der Waals surface area contributed by atoms with Gasteiger partial charge in [-0.3, -0.25) is 9.59 Å². The Labute approximate surface area is 130 Å². The van der Waals surface area contributed by atoms with Crippen molar-refractivity contribution in [1.82, 2.24) is 5.32 Å². The summed E-state index contributed by atoms with van der Waals surface area (Å²) in [6.45, 7) is -0.0823. The van der Waals surface area contributed by atoms with Crippen molar-refractivity contribution < 1.29 is 23.1 Å². The van der Waals surface area contributed by atoms with E-state index in [0.29, 0.717) is 0 Å². The van der Waals surface area contributed by atoms with Gasteiger partial charge in [-0.2, -0.15) is 0 Å². The zero-order valence-electron chi connectivity index (χ0n) is 9.68. The van der Waals surface area contributed by atoms with Crippen molar-refractivity contribution >= 4 is 50.4 Å². The molecule has 0 saturated heterocycles. The Morgan fingerprint density at radius 1 is 1.42 bits per heavy atom. The summed E-state index contributed by atoms with van der Waals surface area (Å²) in [6.07, 6.45) is 0. The van der Waals surface area contributed by atoms with Crippen molar-refractivity contribution in [1.29, 1.82) is 0 Å². The van der Waals surface area contributed by atoms with Crippen molar-refractivity contribution in [3.05, 3.63) is 33.8 Å². The van der Waals surface area contributed by atoms with E-state index in [9.17, 15) is 18.4 Å². The summed E-state index contributed by atoms with van der Waals surface area (Å²) in [6, 6.07) is 1.97. The molecule has 0 spiro atoms. The van der Waals surface area contributed by atoms with Crippen LogP contribution in [0.3, 0.4) is 0 Å². The van der Waals surface area contributed by atoms with Gasteiger partial charge in [0.05, 0.1) is 7.11 Å². The highest BCUT2D eigenvalue weighted by Crippen LogP contribution is 2.19. The molecule has 0 radical (unpaired) electrons. The van der Waals surface area contributed by atoms with Gasteiger partial charge in [0.1, 0.15) is 21.1 Å². The minimum atomic E-state index is -0.979. The first-order valence-electron chi connectivity index (χ1n) is 5.01. The van der Waals surface area contributed by atoms with Gasteiger partial charge in [0, 0.05) is 11.0 Å². The molecule has 1 aromatic carbocycles. The lowest BCUT2D eigenvalue weighted by Gasteiger charge is -2.10. The fourth-order valence-corrected chi connectivity index (χ4v) is 2.12. The second-order valence-electron chi connectivity index (χ2n) is 3.45. The van der Waals surface area contributed by atoms with E-state index in [4.69, 9.17) is 0 Å². The van der Waals surface area contributed by atoms with Crippen LogP contribution in [0, 0.1) is 11.6 Å². The van der Waals surface area contributed by atoms with E-state index in [1.807, 2.05) is 0 Å². The van der Waals surface area contributed by atoms with Gasteiger partial charge in [-0.05, 0) is 12.1 Å². The first-order valence-corrected chi connectivity index (χ1v) is 7.05. The number of esters is 1. The van der Waals surface area contributed by atoms with E-state index in [1.165, 1.54) is 7.11 Å². The molecule has 19 heavy (non-hydrogen) atoms. The van der Waals surface area contributed by atoms with E-state index in [0.717, 1.165) is 12.1 Å². The summed E-state index contributed by atoms with van der Waals surface area (Å²) in [5.74, 6) is -3.41. The molecule has 1 rings (SSSR count). The lowest BCUT2D eigenvalue weighted by molar-refractivity contribution is -0.139. The predicted molar refractivity (Wildman–Crippen MR) is 76.2 cm³/mol. The van der Waals surface area contributed by atoms with Crippen LogP contribution in [-0.4, -0.2) is 29.5 Å². The topological polar surface area (TPSA) is 55.4 Å². The van der Waals surface area contributed by atoms with Crippen LogP contribution in [0.15, 0.2) is 16.6 Å². The Hall–Kier alpha value is -0.770. The van der Waals surface area contributed by atoms with E-state index < -0.39 is 33.0 Å². The highest BCUT2D eigenvalue weighted by molar-refractivity contribution is 14.1. The van der Waals surface area contributed by atoms with Gasteiger partial charge in [0.25, 0.3) is 5.91 Å². The third kappa shape index (κ3) is 4.37. The second kappa shape index (κ2) is 7.13. The smallest absolute Gasteiger partial charge is 0.320 e. The molecular formula is C11H9BrF2INO3. The molecule has 0 aliphatic heterocycles. The summed E-state index contributed by atoms with van der Waals surface area (Å²) >= 11 is 4.67. The number of hydrogen-bond donors (Lipinski definition) is 1. The number of carbonyl (C=O) groups is 2. The summed E-state index contributed by atoms with van der Waals surface area (Å²) in [7, 11) is 1.21. The molecule has 1 amide bonds. The zero-order valence-corrected chi connectivity index (χ0v) is 13.4.